The van der Waals surface area contributed by atoms with E-state index in [1.54, 1.807) is 24.3 Å². The van der Waals surface area contributed by atoms with Crippen LogP contribution in [0.15, 0.2) is 66.7 Å². The number of fused-ring (bicyclic) bond motifs is 3. The molecule has 2 aliphatic heterocycles. The summed E-state index contributed by atoms with van der Waals surface area (Å²) in [5.41, 5.74) is 3.92. The number of hydrogen-bond acceptors (Lipinski definition) is 3. The van der Waals surface area contributed by atoms with E-state index in [0.717, 1.165) is 27.3 Å². The van der Waals surface area contributed by atoms with Crippen LogP contribution in [0.25, 0.3) is 11.9 Å². The Balaban J connectivity index is 1.80. The van der Waals surface area contributed by atoms with E-state index in [4.69, 9.17) is 0 Å². The number of carbonyl (C=O) groups excluding carboxylic acids is 2. The van der Waals surface area contributed by atoms with Crippen LogP contribution in [0.4, 0.5) is 5.69 Å². The summed E-state index contributed by atoms with van der Waals surface area (Å²) >= 11 is 0. The van der Waals surface area contributed by atoms with E-state index < -0.39 is 0 Å². The van der Waals surface area contributed by atoms with E-state index in [2.05, 4.69) is 11.4 Å². The van der Waals surface area contributed by atoms with Crippen LogP contribution in [0.5, 0.6) is 0 Å². The minimum atomic E-state index is -0.302. The second-order valence-corrected chi connectivity index (χ2v) is 6.73. The first-order valence-electron chi connectivity index (χ1n) is 8.81. The normalized spacial score (nSPS) is 14.7. The van der Waals surface area contributed by atoms with Crippen molar-refractivity contribution in [2.24, 2.45) is 0 Å². The number of rotatable bonds is 1. The zero-order valence-corrected chi connectivity index (χ0v) is 14.7. The maximum absolute atomic E-state index is 13.0. The van der Waals surface area contributed by atoms with Crippen molar-refractivity contribution in [3.8, 4) is 0 Å². The molecule has 5 rings (SSSR count). The largest absolute Gasteiger partial charge is 0.340 e. The van der Waals surface area contributed by atoms with Crippen LogP contribution in [0, 0.1) is 6.92 Å². The van der Waals surface area contributed by atoms with Gasteiger partial charge in [0.1, 0.15) is 5.82 Å². The van der Waals surface area contributed by atoms with Gasteiger partial charge in [0, 0.05) is 16.5 Å². The SMILES string of the molecule is Cc1cccc2c1C=c1ccccc1=C(N1C(=O)c3ccccc3C1=O)N2. The van der Waals surface area contributed by atoms with Crippen molar-refractivity contribution < 1.29 is 9.59 Å². The summed E-state index contributed by atoms with van der Waals surface area (Å²) in [6, 6.07) is 20.7. The molecule has 3 aromatic carbocycles. The fraction of sp³-hybridized carbons (Fsp3) is 0.0435. The van der Waals surface area contributed by atoms with Crippen molar-refractivity contribution in [3.63, 3.8) is 0 Å². The monoisotopic (exact) mass is 352 g/mol. The van der Waals surface area contributed by atoms with Crippen molar-refractivity contribution in [2.75, 3.05) is 5.32 Å². The predicted molar refractivity (Wildman–Crippen MR) is 104 cm³/mol. The molecule has 0 atom stereocenters. The molecule has 0 aliphatic carbocycles. The van der Waals surface area contributed by atoms with Gasteiger partial charge in [-0.3, -0.25) is 9.59 Å². The highest BCUT2D eigenvalue weighted by atomic mass is 16.2. The Bertz CT molecular complexity index is 1220. The lowest BCUT2D eigenvalue weighted by molar-refractivity contribution is 0.0734. The second-order valence-electron chi connectivity index (χ2n) is 6.73. The number of aryl methyl sites for hydroxylation is 1. The summed E-state index contributed by atoms with van der Waals surface area (Å²) in [4.78, 5) is 27.3. The van der Waals surface area contributed by atoms with Crippen LogP contribution >= 0.6 is 0 Å². The minimum Gasteiger partial charge on any atom is -0.340 e. The van der Waals surface area contributed by atoms with Gasteiger partial charge < -0.3 is 5.32 Å². The van der Waals surface area contributed by atoms with Gasteiger partial charge in [-0.1, -0.05) is 48.5 Å². The molecule has 0 unspecified atom stereocenters. The number of nitrogens with one attached hydrogen (secondary N) is 1. The molecule has 3 aromatic rings. The van der Waals surface area contributed by atoms with Gasteiger partial charge in [-0.2, -0.15) is 0 Å². The van der Waals surface area contributed by atoms with Gasteiger partial charge in [-0.15, -0.1) is 0 Å². The molecule has 130 valence electrons. The molecule has 0 fully saturated rings. The molecule has 4 nitrogen and oxygen atoms in total. The summed E-state index contributed by atoms with van der Waals surface area (Å²) in [6.07, 6.45) is 2.10. The van der Waals surface area contributed by atoms with Crippen molar-refractivity contribution in [3.05, 3.63) is 99.4 Å². The van der Waals surface area contributed by atoms with Gasteiger partial charge in [-0.05, 0) is 42.0 Å². The smallest absolute Gasteiger partial charge is 0.267 e. The maximum Gasteiger partial charge on any atom is 0.267 e. The van der Waals surface area contributed by atoms with Crippen molar-refractivity contribution in [1.82, 2.24) is 4.90 Å². The molecule has 0 saturated heterocycles. The van der Waals surface area contributed by atoms with Crippen LogP contribution in [0.2, 0.25) is 0 Å². The van der Waals surface area contributed by atoms with Crippen molar-refractivity contribution in [2.45, 2.75) is 6.92 Å². The first kappa shape index (κ1) is 15.6. The quantitative estimate of drug-likeness (QED) is 0.685. The van der Waals surface area contributed by atoms with E-state index in [9.17, 15) is 9.59 Å². The molecular formula is C23H16N2O2. The Morgan fingerprint density at radius 3 is 2.19 bits per heavy atom. The fourth-order valence-corrected chi connectivity index (χ4v) is 3.74. The van der Waals surface area contributed by atoms with Crippen molar-refractivity contribution >= 4 is 29.4 Å². The maximum atomic E-state index is 13.0. The average Bonchev–Trinajstić information content (AvgIpc) is 2.84. The number of benzene rings is 3. The first-order valence-corrected chi connectivity index (χ1v) is 8.81. The lowest BCUT2D eigenvalue weighted by Gasteiger charge is -2.20. The molecule has 0 spiro atoms. The van der Waals surface area contributed by atoms with E-state index in [1.807, 2.05) is 49.4 Å². The number of nitrogens with zero attached hydrogens (tertiary/aromatic N) is 1. The molecule has 27 heavy (non-hydrogen) atoms. The van der Waals surface area contributed by atoms with Crippen LogP contribution in [-0.4, -0.2) is 16.7 Å². The summed E-state index contributed by atoms with van der Waals surface area (Å²) in [5, 5.41) is 5.15. The third-order valence-electron chi connectivity index (χ3n) is 5.11. The zero-order chi connectivity index (χ0) is 18.5. The number of amides is 2. The lowest BCUT2D eigenvalue weighted by Crippen LogP contribution is -2.39. The number of hydrogen-bond donors (Lipinski definition) is 1. The molecule has 0 radical (unpaired) electrons. The van der Waals surface area contributed by atoms with E-state index in [0.29, 0.717) is 16.9 Å². The van der Waals surface area contributed by atoms with Crippen LogP contribution in [0.3, 0.4) is 0 Å². The Hall–Kier alpha value is -3.66. The van der Waals surface area contributed by atoms with Gasteiger partial charge in [0.05, 0.1) is 11.1 Å². The van der Waals surface area contributed by atoms with Gasteiger partial charge in [0.25, 0.3) is 11.8 Å². The fourth-order valence-electron chi connectivity index (χ4n) is 3.74. The van der Waals surface area contributed by atoms with Crippen LogP contribution < -0.4 is 15.8 Å². The summed E-state index contributed by atoms with van der Waals surface area (Å²) in [7, 11) is 0. The number of carbonyl (C=O) groups is 2. The molecule has 1 N–H and O–H groups in total. The third kappa shape index (κ3) is 2.23. The molecule has 4 heteroatoms. The van der Waals surface area contributed by atoms with Crippen LogP contribution in [-0.2, 0) is 0 Å². The molecule has 0 bridgehead atoms. The summed E-state index contributed by atoms with van der Waals surface area (Å²) < 4.78 is 0. The Morgan fingerprint density at radius 2 is 1.44 bits per heavy atom. The summed E-state index contributed by atoms with van der Waals surface area (Å²) in [6.45, 7) is 2.05. The molecule has 2 heterocycles. The van der Waals surface area contributed by atoms with E-state index >= 15 is 0 Å². The zero-order valence-electron chi connectivity index (χ0n) is 14.7. The van der Waals surface area contributed by atoms with E-state index in [-0.39, 0.29) is 11.8 Å². The Kier molecular flexibility index (Phi) is 3.28. The number of imide groups is 1. The molecule has 2 aliphatic rings. The Labute approximate surface area is 156 Å². The van der Waals surface area contributed by atoms with Gasteiger partial charge >= 0.3 is 0 Å². The Morgan fingerprint density at radius 1 is 0.778 bits per heavy atom. The van der Waals surface area contributed by atoms with Gasteiger partial charge in [0.2, 0.25) is 0 Å². The van der Waals surface area contributed by atoms with Gasteiger partial charge in [-0.25, -0.2) is 4.90 Å². The molecule has 0 saturated carbocycles. The van der Waals surface area contributed by atoms with Gasteiger partial charge in [0.15, 0.2) is 0 Å². The average molecular weight is 352 g/mol. The summed E-state index contributed by atoms with van der Waals surface area (Å²) in [5.74, 6) is -0.106. The minimum absolute atomic E-state index is 0.302. The molecule has 2 amide bonds. The van der Waals surface area contributed by atoms with Crippen molar-refractivity contribution in [1.29, 1.82) is 0 Å². The third-order valence-corrected chi connectivity index (χ3v) is 5.11. The first-order chi connectivity index (χ1) is 13.1. The topological polar surface area (TPSA) is 49.4 Å². The highest BCUT2D eigenvalue weighted by Crippen LogP contribution is 2.29. The molecule has 0 aromatic heterocycles. The van der Waals surface area contributed by atoms with Crippen LogP contribution in [0.1, 0.15) is 31.8 Å². The highest BCUT2D eigenvalue weighted by Gasteiger charge is 2.38. The standard InChI is InChI=1S/C23H16N2O2/c1-14-7-6-12-20-19(14)13-15-8-2-3-9-16(15)21(24-20)25-22(26)17-10-4-5-11-18(17)23(25)27/h2-13,24H,1H3. The lowest BCUT2D eigenvalue weighted by atomic mass is 10.1. The second kappa shape index (κ2) is 5.68. The predicted octanol–water partition coefficient (Wildman–Crippen LogP) is 2.61. The number of anilines is 1. The molecular weight excluding hydrogens is 336 g/mol. The van der Waals surface area contributed by atoms with E-state index in [1.165, 1.54) is 4.90 Å². The highest BCUT2D eigenvalue weighted by molar-refractivity contribution is 6.25.